The highest BCUT2D eigenvalue weighted by molar-refractivity contribution is 7.80. The van der Waals surface area contributed by atoms with Gasteiger partial charge >= 0.3 is 0 Å². The zero-order chi connectivity index (χ0) is 4.41. The molecule has 0 saturated carbocycles. The summed E-state index contributed by atoms with van der Waals surface area (Å²) in [4.78, 5) is 0. The third-order valence-electron chi connectivity index (χ3n) is 1.12. The van der Waals surface area contributed by atoms with Gasteiger partial charge in [0, 0.05) is 0 Å². The predicted octanol–water partition coefficient (Wildman–Crippen LogP) is 0.136. The SMILES string of the molecule is SCC1CNC1. The van der Waals surface area contributed by atoms with Crippen LogP contribution < -0.4 is 5.32 Å². The summed E-state index contributed by atoms with van der Waals surface area (Å²) < 4.78 is 0. The molecule has 1 heterocycles. The van der Waals surface area contributed by atoms with Gasteiger partial charge in [-0.3, -0.25) is 0 Å². The Labute approximate surface area is 43.5 Å². The van der Waals surface area contributed by atoms with E-state index in [0.717, 1.165) is 11.7 Å². The van der Waals surface area contributed by atoms with Gasteiger partial charge in [-0.15, -0.1) is 0 Å². The average molecular weight is 103 g/mol. The van der Waals surface area contributed by atoms with Gasteiger partial charge in [0.25, 0.3) is 0 Å². The molecule has 0 aromatic carbocycles. The fourth-order valence-corrected chi connectivity index (χ4v) is 0.736. The molecule has 0 atom stereocenters. The first-order valence-electron chi connectivity index (χ1n) is 2.25. The summed E-state index contributed by atoms with van der Waals surface area (Å²) in [5, 5.41) is 3.16. The van der Waals surface area contributed by atoms with Gasteiger partial charge in [0.2, 0.25) is 0 Å². The molecular formula is C4H9NS. The predicted molar refractivity (Wildman–Crippen MR) is 30.2 cm³/mol. The van der Waals surface area contributed by atoms with E-state index in [1.54, 1.807) is 0 Å². The van der Waals surface area contributed by atoms with Gasteiger partial charge in [-0.05, 0) is 24.8 Å². The minimum absolute atomic E-state index is 0.869. The molecule has 0 spiro atoms. The van der Waals surface area contributed by atoms with Crippen LogP contribution >= 0.6 is 12.6 Å². The van der Waals surface area contributed by atoms with Crippen LogP contribution in [0.25, 0.3) is 0 Å². The molecule has 0 aromatic heterocycles. The number of thiol groups is 1. The van der Waals surface area contributed by atoms with E-state index in [1.165, 1.54) is 13.1 Å². The van der Waals surface area contributed by atoms with Crippen molar-refractivity contribution in [2.24, 2.45) is 5.92 Å². The van der Waals surface area contributed by atoms with Crippen molar-refractivity contribution >= 4 is 12.6 Å². The Bertz CT molecular complexity index is 40.1. The van der Waals surface area contributed by atoms with Crippen LogP contribution in [0.4, 0.5) is 0 Å². The van der Waals surface area contributed by atoms with E-state index in [4.69, 9.17) is 0 Å². The lowest BCUT2D eigenvalue weighted by molar-refractivity contribution is 0.386. The van der Waals surface area contributed by atoms with Crippen LogP contribution in [-0.2, 0) is 0 Å². The van der Waals surface area contributed by atoms with Crippen molar-refractivity contribution in [1.29, 1.82) is 0 Å². The number of hydrogen-bond acceptors (Lipinski definition) is 2. The smallest absolute Gasteiger partial charge is 0.0000419 e. The molecule has 0 amide bonds. The second kappa shape index (κ2) is 1.85. The van der Waals surface area contributed by atoms with Crippen molar-refractivity contribution in [3.05, 3.63) is 0 Å². The first-order chi connectivity index (χ1) is 2.93. The van der Waals surface area contributed by atoms with E-state index in [1.807, 2.05) is 0 Å². The van der Waals surface area contributed by atoms with Crippen molar-refractivity contribution in [2.75, 3.05) is 18.8 Å². The second-order valence-electron chi connectivity index (χ2n) is 1.71. The highest BCUT2D eigenvalue weighted by Gasteiger charge is 2.12. The Morgan fingerprint density at radius 2 is 2.33 bits per heavy atom. The molecule has 0 aromatic rings. The Hall–Kier alpha value is 0.310. The molecule has 0 bridgehead atoms. The van der Waals surface area contributed by atoms with E-state index in [-0.39, 0.29) is 0 Å². The van der Waals surface area contributed by atoms with Crippen LogP contribution in [-0.4, -0.2) is 18.8 Å². The lowest BCUT2D eigenvalue weighted by atomic mass is 10.1. The molecule has 0 aliphatic carbocycles. The highest BCUT2D eigenvalue weighted by Crippen LogP contribution is 2.02. The van der Waals surface area contributed by atoms with Crippen LogP contribution in [0.15, 0.2) is 0 Å². The quantitative estimate of drug-likeness (QED) is 0.450. The van der Waals surface area contributed by atoms with Crippen molar-refractivity contribution < 1.29 is 0 Å². The maximum absolute atomic E-state index is 4.11. The average Bonchev–Trinajstić information content (AvgIpc) is 1.31. The van der Waals surface area contributed by atoms with Crippen molar-refractivity contribution in [2.45, 2.75) is 0 Å². The van der Waals surface area contributed by atoms with Crippen molar-refractivity contribution in [3.63, 3.8) is 0 Å². The largest absolute Gasteiger partial charge is 0.316 e. The molecule has 1 N–H and O–H groups in total. The number of hydrogen-bond donors (Lipinski definition) is 2. The Morgan fingerprint density at radius 3 is 2.33 bits per heavy atom. The van der Waals surface area contributed by atoms with Gasteiger partial charge in [0.15, 0.2) is 0 Å². The number of nitrogens with one attached hydrogen (secondary N) is 1. The summed E-state index contributed by atoms with van der Waals surface area (Å²) in [6, 6.07) is 0. The second-order valence-corrected chi connectivity index (χ2v) is 2.07. The molecule has 1 rings (SSSR count). The Morgan fingerprint density at radius 1 is 1.67 bits per heavy atom. The van der Waals surface area contributed by atoms with Crippen molar-refractivity contribution in [1.82, 2.24) is 5.32 Å². The van der Waals surface area contributed by atoms with Gasteiger partial charge < -0.3 is 5.32 Å². The molecule has 36 valence electrons. The molecule has 1 fully saturated rings. The minimum Gasteiger partial charge on any atom is -0.316 e. The molecule has 6 heavy (non-hydrogen) atoms. The summed E-state index contributed by atoms with van der Waals surface area (Å²) in [6.07, 6.45) is 0. The fraction of sp³-hybridized carbons (Fsp3) is 1.00. The first kappa shape index (κ1) is 4.47. The van der Waals surface area contributed by atoms with Crippen LogP contribution in [0.1, 0.15) is 0 Å². The molecule has 0 unspecified atom stereocenters. The van der Waals surface area contributed by atoms with E-state index < -0.39 is 0 Å². The minimum atomic E-state index is 0.869. The van der Waals surface area contributed by atoms with Gasteiger partial charge in [-0.25, -0.2) is 0 Å². The summed E-state index contributed by atoms with van der Waals surface area (Å²) >= 11 is 4.11. The lowest BCUT2D eigenvalue weighted by Crippen LogP contribution is -2.42. The Balaban J connectivity index is 2.01. The third kappa shape index (κ3) is 0.684. The van der Waals surface area contributed by atoms with E-state index in [0.29, 0.717) is 0 Å². The van der Waals surface area contributed by atoms with Crippen LogP contribution in [0.3, 0.4) is 0 Å². The fourth-order valence-electron chi connectivity index (χ4n) is 0.478. The topological polar surface area (TPSA) is 12.0 Å². The van der Waals surface area contributed by atoms with E-state index in [2.05, 4.69) is 17.9 Å². The first-order valence-corrected chi connectivity index (χ1v) is 2.88. The lowest BCUT2D eigenvalue weighted by Gasteiger charge is -2.24. The molecule has 1 aliphatic heterocycles. The van der Waals surface area contributed by atoms with Crippen molar-refractivity contribution in [3.8, 4) is 0 Å². The van der Waals surface area contributed by atoms with Gasteiger partial charge in [0.05, 0.1) is 0 Å². The summed E-state index contributed by atoms with van der Waals surface area (Å²) in [5.74, 6) is 1.92. The summed E-state index contributed by atoms with van der Waals surface area (Å²) in [5.41, 5.74) is 0. The van der Waals surface area contributed by atoms with E-state index >= 15 is 0 Å². The summed E-state index contributed by atoms with van der Waals surface area (Å²) in [7, 11) is 0. The maximum atomic E-state index is 4.11. The Kier molecular flexibility index (Phi) is 1.37. The zero-order valence-corrected chi connectivity index (χ0v) is 4.54. The molecular weight excluding hydrogens is 94.1 g/mol. The van der Waals surface area contributed by atoms with Crippen LogP contribution in [0.2, 0.25) is 0 Å². The van der Waals surface area contributed by atoms with Gasteiger partial charge in [0.1, 0.15) is 0 Å². The van der Waals surface area contributed by atoms with Crippen LogP contribution in [0, 0.1) is 5.92 Å². The zero-order valence-electron chi connectivity index (χ0n) is 3.65. The van der Waals surface area contributed by atoms with Gasteiger partial charge in [-0.2, -0.15) is 12.6 Å². The monoisotopic (exact) mass is 103 g/mol. The normalized spacial score (nSPS) is 23.5. The third-order valence-corrected chi connectivity index (χ3v) is 1.64. The molecule has 1 saturated heterocycles. The van der Waals surface area contributed by atoms with Crippen LogP contribution in [0.5, 0.6) is 0 Å². The summed E-state index contributed by atoms with van der Waals surface area (Å²) in [6.45, 7) is 2.37. The molecule has 2 heteroatoms. The molecule has 1 aliphatic rings. The standard InChI is InChI=1S/C4H9NS/c6-3-4-1-5-2-4/h4-6H,1-3H2. The van der Waals surface area contributed by atoms with Gasteiger partial charge in [-0.1, -0.05) is 0 Å². The molecule has 0 radical (unpaired) electrons. The molecule has 1 nitrogen and oxygen atoms in total. The van der Waals surface area contributed by atoms with E-state index in [9.17, 15) is 0 Å². The highest BCUT2D eigenvalue weighted by atomic mass is 32.1. The maximum Gasteiger partial charge on any atom is -0.0000419 e. The number of rotatable bonds is 1.